The van der Waals surface area contributed by atoms with E-state index in [-0.39, 0.29) is 43.2 Å². The largest absolute Gasteiger partial charge is 0.458 e. The number of Topliss-reactive ketones (excluding diaryl/α,β-unsaturated/α-hetero) is 2. The average Bonchev–Trinajstić information content (AvgIpc) is 3.74. The first-order chi connectivity index (χ1) is 30.7. The van der Waals surface area contributed by atoms with E-state index >= 15 is 0 Å². The first-order valence-corrected chi connectivity index (χ1v) is 22.6. The maximum Gasteiger partial charge on any atom is 0.416 e. The lowest BCUT2D eigenvalue weighted by molar-refractivity contribution is -0.229. The van der Waals surface area contributed by atoms with Crippen LogP contribution in [0.2, 0.25) is 0 Å². The van der Waals surface area contributed by atoms with Gasteiger partial charge in [0.25, 0.3) is 0 Å². The van der Waals surface area contributed by atoms with Gasteiger partial charge in [-0.05, 0) is 95.7 Å². The number of hydrogen-bond donors (Lipinski definition) is 1. The Morgan fingerprint density at radius 3 is 2.09 bits per heavy atom. The van der Waals surface area contributed by atoms with Crippen LogP contribution in [0.1, 0.15) is 103 Å². The molecule has 4 saturated heterocycles. The quantitative estimate of drug-likeness (QED) is 0.107. The van der Waals surface area contributed by atoms with Crippen molar-refractivity contribution in [3.8, 4) is 0 Å². The molecular formula is C48H62F6N2O10. The number of ether oxygens (including phenoxy) is 5. The van der Waals surface area contributed by atoms with Gasteiger partial charge in [-0.1, -0.05) is 58.0 Å². The molecule has 4 aliphatic rings. The molecule has 0 aromatic heterocycles. The van der Waals surface area contributed by atoms with Gasteiger partial charge in [0.2, 0.25) is 0 Å². The van der Waals surface area contributed by atoms with E-state index in [9.17, 15) is 50.6 Å². The Hall–Kier alpha value is -4.10. The van der Waals surface area contributed by atoms with E-state index in [1.54, 1.807) is 34.6 Å². The fourth-order valence-corrected chi connectivity index (χ4v) is 11.2. The van der Waals surface area contributed by atoms with Crippen LogP contribution >= 0.6 is 0 Å². The number of ketones is 2. The molecule has 2 aromatic carbocycles. The van der Waals surface area contributed by atoms with Crippen molar-refractivity contribution < 1.29 is 74.3 Å². The molecule has 4 fully saturated rings. The summed E-state index contributed by atoms with van der Waals surface area (Å²) in [6.07, 6.45) is -14.1. The zero-order valence-electron chi connectivity index (χ0n) is 38.8. The predicted molar refractivity (Wildman–Crippen MR) is 226 cm³/mol. The van der Waals surface area contributed by atoms with Crippen LogP contribution in [0, 0.1) is 23.7 Å². The van der Waals surface area contributed by atoms with Gasteiger partial charge < -0.3 is 33.7 Å². The highest BCUT2D eigenvalue weighted by molar-refractivity contribution is 6.00. The van der Waals surface area contributed by atoms with E-state index < -0.39 is 125 Å². The van der Waals surface area contributed by atoms with Gasteiger partial charge in [0.05, 0.1) is 34.8 Å². The third-order valence-corrected chi connectivity index (χ3v) is 14.8. The van der Waals surface area contributed by atoms with Gasteiger partial charge in [0.15, 0.2) is 17.7 Å². The number of nitrogens with zero attached hydrogens (tertiary/aromatic N) is 2. The number of methoxy groups -OCH3 is 1. The molecule has 4 aliphatic heterocycles. The number of alkyl halides is 6. The molecule has 2 unspecified atom stereocenters. The number of carbonyl (C=O) groups excluding carboxylic acids is 4. The van der Waals surface area contributed by atoms with Crippen LogP contribution in [0.5, 0.6) is 0 Å². The first-order valence-electron chi connectivity index (χ1n) is 22.6. The lowest BCUT2D eigenvalue weighted by Crippen LogP contribution is -2.66. The minimum Gasteiger partial charge on any atom is -0.458 e. The Morgan fingerprint density at radius 1 is 0.894 bits per heavy atom. The number of halogens is 6. The van der Waals surface area contributed by atoms with E-state index in [1.165, 1.54) is 37.8 Å². The average molecular weight is 941 g/mol. The third kappa shape index (κ3) is 9.50. The summed E-state index contributed by atoms with van der Waals surface area (Å²) in [7, 11) is 2.79. The second kappa shape index (κ2) is 19.1. The molecule has 18 heteroatoms. The molecule has 66 heavy (non-hydrogen) atoms. The van der Waals surface area contributed by atoms with Crippen LogP contribution in [0.3, 0.4) is 0 Å². The molecule has 1 N–H and O–H groups in total. The fraction of sp³-hybridized carbons (Fsp3) is 0.667. The monoisotopic (exact) mass is 940 g/mol. The summed E-state index contributed by atoms with van der Waals surface area (Å²) in [5.41, 5.74) is -7.11. The summed E-state index contributed by atoms with van der Waals surface area (Å²) in [6.45, 7) is 11.1. The Labute approximate surface area is 381 Å². The molecule has 13 atom stereocenters. The number of aliphatic hydroxyl groups excluding tert-OH is 1. The van der Waals surface area contributed by atoms with Gasteiger partial charge in [-0.3, -0.25) is 19.3 Å². The molecule has 2 aromatic rings. The van der Waals surface area contributed by atoms with Gasteiger partial charge in [0, 0.05) is 38.1 Å². The normalized spacial score (nSPS) is 35.8. The highest BCUT2D eigenvalue weighted by Gasteiger charge is 2.70. The van der Waals surface area contributed by atoms with Gasteiger partial charge in [-0.25, -0.2) is 4.79 Å². The summed E-state index contributed by atoms with van der Waals surface area (Å²) >= 11 is 0. The van der Waals surface area contributed by atoms with Crippen molar-refractivity contribution in [3.63, 3.8) is 0 Å². The van der Waals surface area contributed by atoms with E-state index in [4.69, 9.17) is 23.7 Å². The standard InChI is InChI=1S/C48H62F6N2O10/c1-10-35-45(7)40(56(43(61)66-45)19-15-14-18-30-16-12-11-13-17-30)27(3)37(57)26(2)24-44(6,62-9)46(29(5)38(58)28(4)41(60)63-35)36-23-34(39(59)42(64-36)65-46)55(8)25-31-20-32(47(49,50)51)22-33(21-31)48(52,53)54/h11-13,16-17,20-22,26-29,34-36,39-40,42,59H,10,14-15,18-19,23-25H2,1-9H3/t26-,27+,28-,29+,34+,35?,36?,39-,40-,42+,44-,45-,46+/m1/s1. The lowest BCUT2D eigenvalue weighted by atomic mass is 9.64. The van der Waals surface area contributed by atoms with Crippen molar-refractivity contribution in [1.29, 1.82) is 0 Å². The molecule has 12 nitrogen and oxygen atoms in total. The van der Waals surface area contributed by atoms with Crippen molar-refractivity contribution in [2.24, 2.45) is 23.7 Å². The number of amides is 1. The zero-order chi connectivity index (χ0) is 48.9. The highest BCUT2D eigenvalue weighted by Crippen LogP contribution is 2.54. The zero-order valence-corrected chi connectivity index (χ0v) is 38.8. The second-order valence-corrected chi connectivity index (χ2v) is 19.1. The van der Waals surface area contributed by atoms with E-state index in [1.807, 2.05) is 30.3 Å². The number of rotatable bonds is 10. The van der Waals surface area contributed by atoms with Crippen molar-refractivity contribution in [2.45, 2.75) is 159 Å². The summed E-state index contributed by atoms with van der Waals surface area (Å²) in [5.74, 6) is -6.31. The van der Waals surface area contributed by atoms with E-state index in [0.29, 0.717) is 18.6 Å². The number of aryl methyl sites for hydroxylation is 1. The number of likely N-dealkylation sites (N-methyl/N-ethyl adjacent to an activating group) is 1. The van der Waals surface area contributed by atoms with Crippen LogP contribution in [-0.4, -0.2) is 113 Å². The Morgan fingerprint density at radius 2 is 1.52 bits per heavy atom. The molecule has 366 valence electrons. The molecule has 0 aliphatic carbocycles. The maximum absolute atomic E-state index is 14.9. The molecule has 2 bridgehead atoms. The van der Waals surface area contributed by atoms with Crippen LogP contribution in [-0.2, 0) is 63.4 Å². The topological polar surface area (TPSA) is 141 Å². The van der Waals surface area contributed by atoms with Crippen LogP contribution in [0.25, 0.3) is 0 Å². The summed E-state index contributed by atoms with van der Waals surface area (Å²) in [5, 5.41) is 11.8. The van der Waals surface area contributed by atoms with Crippen molar-refractivity contribution >= 4 is 23.6 Å². The van der Waals surface area contributed by atoms with Crippen LogP contribution in [0.4, 0.5) is 31.1 Å². The Balaban J connectivity index is 1.35. The number of cyclic esters (lactones) is 1. The number of aliphatic hydroxyl groups is 1. The molecule has 1 amide bonds. The minimum absolute atomic E-state index is 0.0393. The first kappa shape index (κ1) is 51.3. The second-order valence-electron chi connectivity index (χ2n) is 19.1. The third-order valence-electron chi connectivity index (χ3n) is 14.8. The summed E-state index contributed by atoms with van der Waals surface area (Å²) in [6, 6.07) is 9.24. The summed E-state index contributed by atoms with van der Waals surface area (Å²) in [4.78, 5) is 60.7. The Kier molecular flexibility index (Phi) is 14.9. The van der Waals surface area contributed by atoms with Gasteiger partial charge in [0.1, 0.15) is 29.5 Å². The van der Waals surface area contributed by atoms with Crippen LogP contribution in [0.15, 0.2) is 48.5 Å². The van der Waals surface area contributed by atoms with Crippen LogP contribution < -0.4 is 0 Å². The number of benzene rings is 2. The van der Waals surface area contributed by atoms with Gasteiger partial charge >= 0.3 is 24.4 Å². The number of hydrogen-bond acceptors (Lipinski definition) is 11. The van der Waals surface area contributed by atoms with Gasteiger partial charge in [-0.15, -0.1) is 0 Å². The number of fused-ring (bicyclic) bond motifs is 4. The molecule has 0 saturated carbocycles. The summed E-state index contributed by atoms with van der Waals surface area (Å²) < 4.78 is 114. The maximum atomic E-state index is 14.9. The van der Waals surface area contributed by atoms with E-state index in [0.717, 1.165) is 18.4 Å². The predicted octanol–water partition coefficient (Wildman–Crippen LogP) is 8.19. The highest BCUT2D eigenvalue weighted by atomic mass is 19.4. The number of unbranched alkanes of at least 4 members (excludes halogenated alkanes) is 1. The SMILES string of the molecule is CCC1OC(=O)[C@H](C)C(=O)[C@H](C)[C@@]2(O[C@@H]3OC2C[C@H](N(C)Cc2cc(C(F)(F)F)cc(C(F)(F)F)c2)[C@H]3O)[C@](C)(OC)C[C@@H](C)C(=O)[C@H](C)[C@H]2N(CCCCc3ccccc3)C(=O)O[C@]12C. The Bertz CT molecular complexity index is 2070. The minimum atomic E-state index is -5.08. The molecule has 0 radical (unpaired) electrons. The molecular weight excluding hydrogens is 879 g/mol. The van der Waals surface area contributed by atoms with Crippen molar-refractivity contribution in [3.05, 3.63) is 70.8 Å². The number of esters is 1. The lowest BCUT2D eigenvalue weighted by Gasteiger charge is -2.51. The molecule has 6 rings (SSSR count). The van der Waals surface area contributed by atoms with E-state index in [2.05, 4.69) is 0 Å². The smallest absolute Gasteiger partial charge is 0.416 e. The number of carbonyl (C=O) groups is 4. The van der Waals surface area contributed by atoms with Crippen molar-refractivity contribution in [2.75, 3.05) is 20.7 Å². The van der Waals surface area contributed by atoms with Crippen molar-refractivity contribution in [1.82, 2.24) is 9.80 Å². The molecule has 1 spiro atoms. The molecule has 4 heterocycles. The van der Waals surface area contributed by atoms with Gasteiger partial charge in [-0.2, -0.15) is 26.3 Å². The fourth-order valence-electron chi connectivity index (χ4n) is 11.2.